The Morgan fingerprint density at radius 1 is 1.05 bits per heavy atom. The molecule has 0 aliphatic heterocycles. The molecule has 1 aliphatic carbocycles. The number of benzene rings is 2. The Kier molecular flexibility index (Phi) is 8.64. The minimum Gasteiger partial charge on any atom is -0.496 e. The van der Waals surface area contributed by atoms with Gasteiger partial charge in [0.25, 0.3) is 0 Å². The third-order valence-electron chi connectivity index (χ3n) is 7.59. The zero-order valence-electron chi connectivity index (χ0n) is 22.9. The summed E-state index contributed by atoms with van der Waals surface area (Å²) < 4.78 is 16.3. The first kappa shape index (κ1) is 27.2. The molecule has 1 saturated carbocycles. The van der Waals surface area contributed by atoms with E-state index in [-0.39, 0.29) is 12.0 Å². The van der Waals surface area contributed by atoms with Crippen molar-refractivity contribution in [2.45, 2.75) is 57.0 Å². The Hall–Kier alpha value is -4.33. The van der Waals surface area contributed by atoms with Crippen LogP contribution in [0.4, 0.5) is 10.5 Å². The minimum atomic E-state index is -0.421. The summed E-state index contributed by atoms with van der Waals surface area (Å²) in [6.07, 6.45) is 9.99. The first-order valence-electron chi connectivity index (χ1n) is 13.8. The quantitative estimate of drug-likeness (QED) is 0.210. The highest BCUT2D eigenvalue weighted by atomic mass is 16.6. The summed E-state index contributed by atoms with van der Waals surface area (Å²) in [6, 6.07) is 17.2. The number of anilines is 1. The number of aromatic nitrogens is 2. The molecule has 0 spiro atoms. The molecule has 2 aromatic carbocycles. The van der Waals surface area contributed by atoms with Gasteiger partial charge in [0.05, 0.1) is 19.8 Å². The molecular formula is C32H35N3O5. The van der Waals surface area contributed by atoms with Gasteiger partial charge in [0.15, 0.2) is 0 Å². The molecule has 0 bridgehead atoms. The lowest BCUT2D eigenvalue weighted by Crippen LogP contribution is -2.20. The molecule has 8 heteroatoms. The van der Waals surface area contributed by atoms with Crippen molar-refractivity contribution in [2.24, 2.45) is 0 Å². The Morgan fingerprint density at radius 3 is 2.65 bits per heavy atom. The summed E-state index contributed by atoms with van der Waals surface area (Å²) >= 11 is 0. The van der Waals surface area contributed by atoms with Crippen LogP contribution in [0.5, 0.6) is 5.75 Å². The van der Waals surface area contributed by atoms with E-state index in [1.54, 1.807) is 19.2 Å². The van der Waals surface area contributed by atoms with Gasteiger partial charge in [0.1, 0.15) is 11.9 Å². The highest BCUT2D eigenvalue weighted by Gasteiger charge is 2.24. The van der Waals surface area contributed by atoms with Crippen LogP contribution in [0.2, 0.25) is 0 Å². The first-order chi connectivity index (χ1) is 19.6. The maximum Gasteiger partial charge on any atom is 0.411 e. The highest BCUT2D eigenvalue weighted by molar-refractivity contribution is 5.92. The summed E-state index contributed by atoms with van der Waals surface area (Å²) in [5.41, 5.74) is 5.16. The van der Waals surface area contributed by atoms with Crippen molar-refractivity contribution in [3.63, 3.8) is 0 Å². The number of nitrogens with zero attached hydrogens (tertiary/aromatic N) is 1. The van der Waals surface area contributed by atoms with Crippen molar-refractivity contribution in [2.75, 3.05) is 19.5 Å². The van der Waals surface area contributed by atoms with Crippen LogP contribution in [0, 0.1) is 0 Å². The number of hydrogen-bond donors (Lipinski definition) is 2. The zero-order valence-corrected chi connectivity index (χ0v) is 22.9. The summed E-state index contributed by atoms with van der Waals surface area (Å²) in [5.74, 6) is 0.165. The van der Waals surface area contributed by atoms with Crippen LogP contribution in [0.3, 0.4) is 0 Å². The predicted molar refractivity (Wildman–Crippen MR) is 154 cm³/mol. The normalized spacial score (nSPS) is 14.2. The smallest absolute Gasteiger partial charge is 0.411 e. The van der Waals surface area contributed by atoms with Crippen molar-refractivity contribution in [1.82, 2.24) is 9.97 Å². The molecule has 2 aromatic heterocycles. The molecule has 1 unspecified atom stereocenters. The van der Waals surface area contributed by atoms with Gasteiger partial charge in [-0.15, -0.1) is 0 Å². The van der Waals surface area contributed by atoms with Crippen LogP contribution in [0.1, 0.15) is 71.6 Å². The number of amides is 1. The number of hydrogen-bond acceptors (Lipinski definition) is 6. The van der Waals surface area contributed by atoms with E-state index in [1.807, 2.05) is 54.9 Å². The summed E-state index contributed by atoms with van der Waals surface area (Å²) in [5, 5.41) is 3.91. The van der Waals surface area contributed by atoms with E-state index in [0.29, 0.717) is 17.0 Å². The van der Waals surface area contributed by atoms with Gasteiger partial charge in [-0.05, 0) is 93.0 Å². The topological polar surface area (TPSA) is 103 Å². The summed E-state index contributed by atoms with van der Waals surface area (Å²) in [7, 11) is 2.97. The lowest BCUT2D eigenvalue weighted by Gasteiger charge is -2.21. The number of aryl methyl sites for hydroxylation is 1. The molecule has 8 nitrogen and oxygen atoms in total. The second-order valence-electron chi connectivity index (χ2n) is 10.2. The third kappa shape index (κ3) is 6.28. The van der Waals surface area contributed by atoms with Gasteiger partial charge in [0.2, 0.25) is 0 Å². The Labute approximate surface area is 234 Å². The Balaban J connectivity index is 1.46. The van der Waals surface area contributed by atoms with Gasteiger partial charge < -0.3 is 19.2 Å². The predicted octanol–water partition coefficient (Wildman–Crippen LogP) is 7.00. The number of pyridine rings is 1. The van der Waals surface area contributed by atoms with Crippen molar-refractivity contribution < 1.29 is 23.8 Å². The number of ether oxygens (including phenoxy) is 3. The molecule has 2 N–H and O–H groups in total. The Bertz CT molecular complexity index is 1460. The van der Waals surface area contributed by atoms with Crippen molar-refractivity contribution in [1.29, 1.82) is 0 Å². The number of H-pyrrole nitrogens is 1. The van der Waals surface area contributed by atoms with Gasteiger partial charge in [-0.1, -0.05) is 12.1 Å². The highest BCUT2D eigenvalue weighted by Crippen LogP contribution is 2.40. The van der Waals surface area contributed by atoms with E-state index in [1.165, 1.54) is 7.11 Å². The van der Waals surface area contributed by atoms with Crippen LogP contribution in [-0.2, 0) is 15.9 Å². The standard InChI is InChI=1S/C32H35N3O5/c1-38-30-18-21(31(36)39-2)13-15-26(30)25(12-7-9-22-8-5-6-17-33-22)28-20-34-29-16-14-23(19-27(28)29)35-32(37)40-24-10-3-4-11-24/h5-6,8,13-20,24-25,34H,3-4,7,9-12H2,1-2H3,(H,35,37). The van der Waals surface area contributed by atoms with Crippen molar-refractivity contribution in [3.05, 3.63) is 89.4 Å². The molecule has 1 amide bonds. The number of rotatable bonds is 10. The lowest BCUT2D eigenvalue weighted by molar-refractivity contribution is 0.0600. The minimum absolute atomic E-state index is 0.00420. The van der Waals surface area contributed by atoms with E-state index < -0.39 is 12.1 Å². The van der Waals surface area contributed by atoms with Crippen LogP contribution >= 0.6 is 0 Å². The third-order valence-corrected chi connectivity index (χ3v) is 7.59. The molecule has 40 heavy (non-hydrogen) atoms. The van der Waals surface area contributed by atoms with Crippen LogP contribution in [0.15, 0.2) is 67.0 Å². The average molecular weight is 542 g/mol. The molecule has 2 heterocycles. The molecule has 0 saturated heterocycles. The monoisotopic (exact) mass is 541 g/mol. The molecule has 1 fully saturated rings. The van der Waals surface area contributed by atoms with Crippen LogP contribution in [0.25, 0.3) is 10.9 Å². The molecule has 0 radical (unpaired) electrons. The van der Waals surface area contributed by atoms with Crippen LogP contribution in [-0.4, -0.2) is 42.4 Å². The molecule has 4 aromatic rings. The van der Waals surface area contributed by atoms with Gasteiger partial charge >= 0.3 is 12.1 Å². The summed E-state index contributed by atoms with van der Waals surface area (Å²) in [4.78, 5) is 32.6. The number of esters is 1. The second kappa shape index (κ2) is 12.7. The van der Waals surface area contributed by atoms with Crippen molar-refractivity contribution in [3.8, 4) is 5.75 Å². The number of nitrogens with one attached hydrogen (secondary N) is 2. The fourth-order valence-electron chi connectivity index (χ4n) is 5.57. The molecule has 1 atom stereocenters. The number of fused-ring (bicyclic) bond motifs is 1. The SMILES string of the molecule is COC(=O)c1ccc(C(CCCc2ccccn2)c2c[nH]c3ccc(NC(=O)OC4CCCC4)cc23)c(OC)c1. The first-order valence-corrected chi connectivity index (χ1v) is 13.8. The van der Waals surface area contributed by atoms with Gasteiger partial charge in [0, 0.05) is 46.2 Å². The molecule has 208 valence electrons. The maximum absolute atomic E-state index is 12.6. The number of aromatic amines is 1. The average Bonchev–Trinajstić information content (AvgIpc) is 3.65. The second-order valence-corrected chi connectivity index (χ2v) is 10.2. The largest absolute Gasteiger partial charge is 0.496 e. The zero-order chi connectivity index (χ0) is 27.9. The number of methoxy groups -OCH3 is 2. The number of carbonyl (C=O) groups is 2. The molecular weight excluding hydrogens is 506 g/mol. The maximum atomic E-state index is 12.6. The van der Waals surface area contributed by atoms with Crippen LogP contribution < -0.4 is 10.1 Å². The van der Waals surface area contributed by atoms with Gasteiger partial charge in [-0.3, -0.25) is 10.3 Å². The van der Waals surface area contributed by atoms with E-state index in [2.05, 4.69) is 15.3 Å². The summed E-state index contributed by atoms with van der Waals surface area (Å²) in [6.45, 7) is 0. The fraction of sp³-hybridized carbons (Fsp3) is 0.344. The fourth-order valence-corrected chi connectivity index (χ4v) is 5.57. The van der Waals surface area contributed by atoms with E-state index in [9.17, 15) is 9.59 Å². The Morgan fingerprint density at radius 2 is 1.90 bits per heavy atom. The molecule has 5 rings (SSSR count). The van der Waals surface area contributed by atoms with E-state index in [0.717, 1.165) is 72.7 Å². The lowest BCUT2D eigenvalue weighted by atomic mass is 9.85. The number of carbonyl (C=O) groups excluding carboxylic acids is 2. The molecule has 1 aliphatic rings. The van der Waals surface area contributed by atoms with Crippen molar-refractivity contribution >= 4 is 28.7 Å². The van der Waals surface area contributed by atoms with E-state index >= 15 is 0 Å². The van der Waals surface area contributed by atoms with Gasteiger partial charge in [-0.25, -0.2) is 9.59 Å². The van der Waals surface area contributed by atoms with E-state index in [4.69, 9.17) is 14.2 Å². The van der Waals surface area contributed by atoms with Gasteiger partial charge in [-0.2, -0.15) is 0 Å².